The normalized spacial score (nSPS) is 24.1. The quantitative estimate of drug-likeness (QED) is 0.431. The minimum Gasteiger partial charge on any atom is -0.484 e. The number of carbonyl (C=O) groups is 1. The highest BCUT2D eigenvalue weighted by Crippen LogP contribution is 2.49. The van der Waals surface area contributed by atoms with Gasteiger partial charge in [-0.25, -0.2) is 4.79 Å². The summed E-state index contributed by atoms with van der Waals surface area (Å²) in [4.78, 5) is 26.8. The average Bonchev–Trinajstić information content (AvgIpc) is 2.85. The molecule has 5 rings (SSSR count). The second-order valence-electron chi connectivity index (χ2n) is 9.71. The Morgan fingerprint density at radius 3 is 2.62 bits per heavy atom. The third-order valence-electron chi connectivity index (χ3n) is 7.48. The predicted octanol–water partition coefficient (Wildman–Crippen LogP) is 5.74. The first-order chi connectivity index (χ1) is 17.5. The van der Waals surface area contributed by atoms with Crippen LogP contribution in [0.5, 0.6) is 5.75 Å². The van der Waals surface area contributed by atoms with Gasteiger partial charge in [-0.2, -0.15) is 13.2 Å². The summed E-state index contributed by atoms with van der Waals surface area (Å²) in [5, 5.41) is 11.7. The van der Waals surface area contributed by atoms with E-state index in [0.29, 0.717) is 30.5 Å². The van der Waals surface area contributed by atoms with Gasteiger partial charge in [-0.3, -0.25) is 4.79 Å². The maximum absolute atomic E-state index is 13.4. The molecule has 2 heterocycles. The summed E-state index contributed by atoms with van der Waals surface area (Å²) in [5.41, 5.74) is -2.50. The number of nitrogens with zero attached hydrogens (tertiary/aromatic N) is 1. The molecule has 1 aromatic heterocycles. The first-order valence-corrected chi connectivity index (χ1v) is 12.5. The third-order valence-corrected chi connectivity index (χ3v) is 7.74. The molecule has 3 aromatic rings. The number of fused-ring (bicyclic) bond motifs is 2. The molecule has 0 spiro atoms. The smallest absolute Gasteiger partial charge is 0.417 e. The van der Waals surface area contributed by atoms with Gasteiger partial charge in [0.15, 0.2) is 6.61 Å². The SMILES string of the molecule is O=C(COc1ccc2c(C(F)(F)F)cc(=O)oc2c1)N1CC[C@]2(O)CCCC[C@H]2[C@@H]1c1ccc(Cl)cc1. The van der Waals surface area contributed by atoms with E-state index in [1.807, 2.05) is 12.1 Å². The Balaban J connectivity index is 1.39. The molecule has 1 saturated carbocycles. The van der Waals surface area contributed by atoms with Gasteiger partial charge < -0.3 is 19.2 Å². The molecule has 3 atom stereocenters. The number of piperidine rings is 1. The van der Waals surface area contributed by atoms with Crippen LogP contribution in [0.2, 0.25) is 5.02 Å². The third kappa shape index (κ3) is 5.07. The molecule has 1 amide bonds. The maximum Gasteiger partial charge on any atom is 0.417 e. The Kier molecular flexibility index (Phi) is 6.70. The minimum atomic E-state index is -4.72. The number of carbonyl (C=O) groups excluding carboxylic acids is 1. The summed E-state index contributed by atoms with van der Waals surface area (Å²) in [5.74, 6) is -0.369. The van der Waals surface area contributed by atoms with Crippen molar-refractivity contribution in [1.82, 2.24) is 4.90 Å². The van der Waals surface area contributed by atoms with E-state index in [0.717, 1.165) is 30.9 Å². The van der Waals surface area contributed by atoms with Gasteiger partial charge in [0.2, 0.25) is 0 Å². The van der Waals surface area contributed by atoms with Gasteiger partial charge in [0, 0.05) is 35.0 Å². The molecular formula is C27H25ClF3NO5. The summed E-state index contributed by atoms with van der Waals surface area (Å²) in [6.45, 7) is -0.0338. The molecular weight excluding hydrogens is 511 g/mol. The lowest BCUT2D eigenvalue weighted by molar-refractivity contribution is -0.157. The fourth-order valence-electron chi connectivity index (χ4n) is 5.73. The molecule has 1 aliphatic heterocycles. The van der Waals surface area contributed by atoms with Crippen molar-refractivity contribution in [2.24, 2.45) is 5.92 Å². The number of amides is 1. The second kappa shape index (κ2) is 9.68. The van der Waals surface area contributed by atoms with Gasteiger partial charge >= 0.3 is 11.8 Å². The Labute approximate surface area is 215 Å². The van der Waals surface area contributed by atoms with Crippen LogP contribution in [0.1, 0.15) is 49.3 Å². The van der Waals surface area contributed by atoms with Crippen molar-refractivity contribution in [3.8, 4) is 5.75 Å². The average molecular weight is 536 g/mol. The molecule has 2 fully saturated rings. The Morgan fingerprint density at radius 2 is 1.89 bits per heavy atom. The van der Waals surface area contributed by atoms with Gasteiger partial charge in [0.25, 0.3) is 5.91 Å². The molecule has 1 aliphatic carbocycles. The zero-order valence-electron chi connectivity index (χ0n) is 19.8. The van der Waals surface area contributed by atoms with Crippen molar-refractivity contribution < 1.29 is 32.2 Å². The summed E-state index contributed by atoms with van der Waals surface area (Å²) >= 11 is 6.08. The van der Waals surface area contributed by atoms with Crippen LogP contribution in [0.3, 0.4) is 0 Å². The fraction of sp³-hybridized carbons (Fsp3) is 0.407. The summed E-state index contributed by atoms with van der Waals surface area (Å²) in [6, 6.07) is 10.9. The first kappa shape index (κ1) is 25.6. The van der Waals surface area contributed by atoms with Crippen LogP contribution in [0, 0.1) is 5.92 Å². The largest absolute Gasteiger partial charge is 0.484 e. The van der Waals surface area contributed by atoms with E-state index in [9.17, 15) is 27.9 Å². The topological polar surface area (TPSA) is 80.0 Å². The molecule has 196 valence electrons. The molecule has 1 saturated heterocycles. The second-order valence-corrected chi connectivity index (χ2v) is 10.1. The van der Waals surface area contributed by atoms with Crippen molar-refractivity contribution in [1.29, 1.82) is 0 Å². The number of hydrogen-bond donors (Lipinski definition) is 1. The van der Waals surface area contributed by atoms with Gasteiger partial charge in [-0.15, -0.1) is 0 Å². The first-order valence-electron chi connectivity index (χ1n) is 12.1. The number of ether oxygens (including phenoxy) is 1. The van der Waals surface area contributed by atoms with Crippen LogP contribution < -0.4 is 10.4 Å². The molecule has 1 N–H and O–H groups in total. The Morgan fingerprint density at radius 1 is 1.14 bits per heavy atom. The zero-order chi connectivity index (χ0) is 26.4. The van der Waals surface area contributed by atoms with Gasteiger partial charge in [0.05, 0.1) is 17.2 Å². The monoisotopic (exact) mass is 535 g/mol. The molecule has 6 nitrogen and oxygen atoms in total. The number of rotatable bonds is 4. The lowest BCUT2D eigenvalue weighted by atomic mass is 9.66. The van der Waals surface area contributed by atoms with Crippen LogP contribution in [0.15, 0.2) is 57.7 Å². The Bertz CT molecular complexity index is 1370. The highest BCUT2D eigenvalue weighted by molar-refractivity contribution is 6.30. The van der Waals surface area contributed by atoms with Crippen molar-refractivity contribution in [2.45, 2.75) is 49.9 Å². The number of likely N-dealkylation sites (tertiary alicyclic amines) is 1. The van der Waals surface area contributed by atoms with Gasteiger partial charge in [-0.1, -0.05) is 36.6 Å². The van der Waals surface area contributed by atoms with Crippen molar-refractivity contribution >= 4 is 28.5 Å². The molecule has 0 radical (unpaired) electrons. The summed E-state index contributed by atoms with van der Waals surface area (Å²) < 4.78 is 50.5. The van der Waals surface area contributed by atoms with Crippen molar-refractivity contribution in [3.05, 3.63) is 75.1 Å². The number of aliphatic hydroxyl groups is 1. The van der Waals surface area contributed by atoms with E-state index < -0.39 is 23.0 Å². The lowest BCUT2D eigenvalue weighted by Gasteiger charge is -2.52. The molecule has 2 aliphatic rings. The molecule has 0 unspecified atom stereocenters. The molecule has 37 heavy (non-hydrogen) atoms. The molecule has 2 aromatic carbocycles. The van der Waals surface area contributed by atoms with E-state index in [1.165, 1.54) is 12.1 Å². The highest BCUT2D eigenvalue weighted by Gasteiger charge is 2.50. The van der Waals surface area contributed by atoms with Gasteiger partial charge in [-0.05, 0) is 49.1 Å². The van der Waals surface area contributed by atoms with E-state index in [2.05, 4.69) is 0 Å². The van der Waals surface area contributed by atoms with Crippen molar-refractivity contribution in [3.63, 3.8) is 0 Å². The van der Waals surface area contributed by atoms with Crippen LogP contribution in [-0.2, 0) is 11.0 Å². The zero-order valence-corrected chi connectivity index (χ0v) is 20.5. The highest BCUT2D eigenvalue weighted by atomic mass is 35.5. The van der Waals surface area contributed by atoms with Crippen molar-refractivity contribution in [2.75, 3.05) is 13.2 Å². The number of benzene rings is 2. The predicted molar refractivity (Wildman–Crippen MR) is 130 cm³/mol. The van der Waals surface area contributed by atoms with E-state index in [-0.39, 0.29) is 41.2 Å². The van der Waals surface area contributed by atoms with E-state index >= 15 is 0 Å². The van der Waals surface area contributed by atoms with Crippen LogP contribution in [0.25, 0.3) is 11.0 Å². The molecule has 0 bridgehead atoms. The number of alkyl halides is 3. The number of hydrogen-bond acceptors (Lipinski definition) is 5. The molecule has 10 heteroatoms. The van der Waals surface area contributed by atoms with E-state index in [1.54, 1.807) is 17.0 Å². The fourth-order valence-corrected chi connectivity index (χ4v) is 5.86. The van der Waals surface area contributed by atoms with Crippen LogP contribution in [0.4, 0.5) is 13.2 Å². The van der Waals surface area contributed by atoms with E-state index in [4.69, 9.17) is 20.8 Å². The summed E-state index contributed by atoms with van der Waals surface area (Å²) in [6.07, 6.45) is -0.918. The maximum atomic E-state index is 13.4. The minimum absolute atomic E-state index is 0.0950. The van der Waals surface area contributed by atoms with Gasteiger partial charge in [0.1, 0.15) is 11.3 Å². The standard InChI is InChI=1S/C27H25ClF3NO5/c28-17-6-4-16(5-7-17)25-20-3-1-2-10-26(20,35)11-12-32(25)23(33)15-36-18-8-9-19-21(27(29,30)31)14-24(34)37-22(19)13-18/h4-9,13-14,20,25,35H,1-3,10-12,15H2/t20-,25-,26+/m0/s1. The summed E-state index contributed by atoms with van der Waals surface area (Å²) in [7, 11) is 0. The number of halogens is 4. The van der Waals surface area contributed by atoms with Crippen LogP contribution >= 0.6 is 11.6 Å². The Hall–Kier alpha value is -3.04. The van der Waals surface area contributed by atoms with Crippen LogP contribution in [-0.4, -0.2) is 34.7 Å². The lowest BCUT2D eigenvalue weighted by Crippen LogP contribution is -2.56.